The van der Waals surface area contributed by atoms with Crippen molar-refractivity contribution in [1.82, 2.24) is 39.6 Å². The summed E-state index contributed by atoms with van der Waals surface area (Å²) >= 11 is 0. The Labute approximate surface area is 213 Å². The lowest BCUT2D eigenvalue weighted by molar-refractivity contribution is -0.0325. The van der Waals surface area contributed by atoms with E-state index in [1.807, 2.05) is 46.9 Å². The summed E-state index contributed by atoms with van der Waals surface area (Å²) in [7, 11) is 0. The highest BCUT2D eigenvalue weighted by Gasteiger charge is 2.50. The van der Waals surface area contributed by atoms with Crippen molar-refractivity contribution >= 4 is 22.8 Å². The van der Waals surface area contributed by atoms with Crippen LogP contribution in [0.1, 0.15) is 46.2 Å². The van der Waals surface area contributed by atoms with Crippen LogP contribution in [0.5, 0.6) is 0 Å². The summed E-state index contributed by atoms with van der Waals surface area (Å²) in [6, 6.07) is 5.53. The van der Waals surface area contributed by atoms with E-state index >= 15 is 0 Å². The predicted octanol–water partition coefficient (Wildman–Crippen LogP) is 3.72. The molecule has 0 spiro atoms. The molecule has 0 radical (unpaired) electrons. The molecule has 4 aromatic rings. The SMILES string of the molecule is CC(C)Nc1cc(-n2ncc3cc(C#N)cnc32)ncc1-c1cn(C2CN(C(=O)O)C2C(C)(C)C)nn1. The van der Waals surface area contributed by atoms with Crippen LogP contribution in [0.4, 0.5) is 10.5 Å². The number of nitrogens with zero attached hydrogens (tertiary/aromatic N) is 9. The van der Waals surface area contributed by atoms with Gasteiger partial charge in [0.25, 0.3) is 0 Å². The fourth-order valence-electron chi connectivity index (χ4n) is 4.86. The monoisotopic (exact) mass is 500 g/mol. The zero-order valence-corrected chi connectivity index (χ0v) is 21.3. The van der Waals surface area contributed by atoms with Crippen LogP contribution in [0.25, 0.3) is 28.1 Å². The standard InChI is InChI=1S/C25H28N10O2/c1-14(2)30-18-7-21(35-23-16(10-29-35)6-15(8-26)9-28-23)27-11-17(18)19-12-34(32-31-19)20-13-33(24(36)37)22(20)25(3,4)5/h6-7,9-12,14,20,22H,13H2,1-5H3,(H,27,30)(H,36,37). The minimum absolute atomic E-state index is 0.106. The molecule has 2 N–H and O–H groups in total. The molecule has 12 heteroatoms. The van der Waals surface area contributed by atoms with Gasteiger partial charge in [0.15, 0.2) is 11.5 Å². The fourth-order valence-corrected chi connectivity index (χ4v) is 4.86. The predicted molar refractivity (Wildman–Crippen MR) is 136 cm³/mol. The van der Waals surface area contributed by atoms with Gasteiger partial charge in [0.2, 0.25) is 0 Å². The molecule has 12 nitrogen and oxygen atoms in total. The van der Waals surface area contributed by atoms with Gasteiger partial charge < -0.3 is 15.3 Å². The molecular formula is C25H28N10O2. The van der Waals surface area contributed by atoms with E-state index in [0.29, 0.717) is 29.3 Å². The van der Waals surface area contributed by atoms with E-state index in [2.05, 4.69) is 36.8 Å². The van der Waals surface area contributed by atoms with Crippen molar-refractivity contribution in [2.45, 2.75) is 52.7 Å². The fraction of sp³-hybridized carbons (Fsp3) is 0.400. The lowest BCUT2D eigenvalue weighted by Gasteiger charge is -2.52. The zero-order valence-electron chi connectivity index (χ0n) is 21.3. The van der Waals surface area contributed by atoms with Crippen molar-refractivity contribution in [3.63, 3.8) is 0 Å². The third-order valence-corrected chi connectivity index (χ3v) is 6.43. The van der Waals surface area contributed by atoms with E-state index < -0.39 is 6.09 Å². The molecule has 2 atom stereocenters. The van der Waals surface area contributed by atoms with Crippen LogP contribution in [0, 0.1) is 16.7 Å². The van der Waals surface area contributed by atoms with Crippen molar-refractivity contribution in [2.24, 2.45) is 5.41 Å². The molecule has 0 aliphatic carbocycles. The molecule has 0 bridgehead atoms. The van der Waals surface area contributed by atoms with Crippen LogP contribution in [0.15, 0.2) is 36.9 Å². The molecule has 1 aliphatic heterocycles. The number of hydrogen-bond donors (Lipinski definition) is 2. The molecule has 37 heavy (non-hydrogen) atoms. The average molecular weight is 501 g/mol. The Morgan fingerprint density at radius 1 is 1.22 bits per heavy atom. The third-order valence-electron chi connectivity index (χ3n) is 6.43. The van der Waals surface area contributed by atoms with Crippen molar-refractivity contribution in [2.75, 3.05) is 11.9 Å². The van der Waals surface area contributed by atoms with E-state index in [1.54, 1.807) is 27.8 Å². The Kier molecular flexibility index (Phi) is 5.78. The smallest absolute Gasteiger partial charge is 0.407 e. The summed E-state index contributed by atoms with van der Waals surface area (Å²) in [6.07, 6.45) is 5.81. The van der Waals surface area contributed by atoms with E-state index in [-0.39, 0.29) is 23.5 Å². The Morgan fingerprint density at radius 3 is 2.68 bits per heavy atom. The first kappa shape index (κ1) is 24.2. The number of fused-ring (bicyclic) bond motifs is 1. The maximum atomic E-state index is 11.7. The number of aromatic nitrogens is 7. The molecule has 1 amide bonds. The number of likely N-dealkylation sites (tertiary alicyclic amines) is 1. The molecule has 1 aliphatic rings. The van der Waals surface area contributed by atoms with Crippen LogP contribution < -0.4 is 5.32 Å². The van der Waals surface area contributed by atoms with Gasteiger partial charge in [0.1, 0.15) is 11.8 Å². The molecule has 1 saturated heterocycles. The molecule has 5 rings (SSSR count). The van der Waals surface area contributed by atoms with Crippen LogP contribution >= 0.6 is 0 Å². The Hall–Kier alpha value is -4.53. The van der Waals surface area contributed by atoms with E-state index in [9.17, 15) is 9.90 Å². The first-order chi connectivity index (χ1) is 17.6. The van der Waals surface area contributed by atoms with Crippen molar-refractivity contribution in [1.29, 1.82) is 5.26 Å². The average Bonchev–Trinajstić information content (AvgIpc) is 3.43. The normalized spacial score (nSPS) is 17.6. The minimum atomic E-state index is -0.927. The largest absolute Gasteiger partial charge is 0.465 e. The van der Waals surface area contributed by atoms with Crippen molar-refractivity contribution in [3.8, 4) is 23.1 Å². The van der Waals surface area contributed by atoms with Crippen LogP contribution in [0.3, 0.4) is 0 Å². The van der Waals surface area contributed by atoms with Gasteiger partial charge in [-0.2, -0.15) is 15.0 Å². The maximum Gasteiger partial charge on any atom is 0.407 e. The quantitative estimate of drug-likeness (QED) is 0.418. The molecule has 4 aromatic heterocycles. The highest BCUT2D eigenvalue weighted by Crippen LogP contribution is 2.41. The molecule has 2 unspecified atom stereocenters. The van der Waals surface area contributed by atoms with E-state index in [0.717, 1.165) is 16.6 Å². The number of pyridine rings is 2. The summed E-state index contributed by atoms with van der Waals surface area (Å²) in [5.41, 5.74) is 3.01. The van der Waals surface area contributed by atoms with Gasteiger partial charge in [-0.15, -0.1) is 5.10 Å². The highest BCUT2D eigenvalue weighted by molar-refractivity contribution is 5.79. The number of anilines is 1. The summed E-state index contributed by atoms with van der Waals surface area (Å²) in [4.78, 5) is 22.1. The summed E-state index contributed by atoms with van der Waals surface area (Å²) < 4.78 is 3.39. The number of hydrogen-bond acceptors (Lipinski definition) is 8. The van der Waals surface area contributed by atoms with Crippen LogP contribution in [0.2, 0.25) is 0 Å². The van der Waals surface area contributed by atoms with Crippen molar-refractivity contribution in [3.05, 3.63) is 42.5 Å². The van der Waals surface area contributed by atoms with Gasteiger partial charge in [0, 0.05) is 47.7 Å². The Bertz CT molecular complexity index is 1520. The number of carbonyl (C=O) groups is 1. The number of nitrogens with one attached hydrogen (secondary N) is 1. The summed E-state index contributed by atoms with van der Waals surface area (Å²) in [6.45, 7) is 10.5. The second-order valence-electron chi connectivity index (χ2n) is 10.6. The lowest BCUT2D eigenvalue weighted by atomic mass is 9.76. The first-order valence-corrected chi connectivity index (χ1v) is 12.0. The molecule has 190 valence electrons. The van der Waals surface area contributed by atoms with E-state index in [1.165, 1.54) is 11.1 Å². The number of amides is 1. The van der Waals surface area contributed by atoms with Crippen molar-refractivity contribution < 1.29 is 9.90 Å². The topological polar surface area (TPSA) is 151 Å². The highest BCUT2D eigenvalue weighted by atomic mass is 16.4. The molecular weight excluding hydrogens is 472 g/mol. The summed E-state index contributed by atoms with van der Waals surface area (Å²) in [5, 5.41) is 36.1. The lowest BCUT2D eigenvalue weighted by Crippen LogP contribution is -2.63. The van der Waals surface area contributed by atoms with E-state index in [4.69, 9.17) is 5.26 Å². The maximum absolute atomic E-state index is 11.7. The molecule has 1 fully saturated rings. The Balaban J connectivity index is 1.50. The van der Waals surface area contributed by atoms with Gasteiger partial charge in [-0.25, -0.2) is 19.4 Å². The van der Waals surface area contributed by atoms with Gasteiger partial charge in [-0.1, -0.05) is 26.0 Å². The zero-order chi connectivity index (χ0) is 26.5. The number of carboxylic acid groups (broad SMARTS) is 1. The summed E-state index contributed by atoms with van der Waals surface area (Å²) in [5.74, 6) is 0.565. The molecule has 0 saturated carbocycles. The number of rotatable bonds is 5. The van der Waals surface area contributed by atoms with Gasteiger partial charge in [0.05, 0.1) is 30.0 Å². The third kappa shape index (κ3) is 4.33. The van der Waals surface area contributed by atoms with Gasteiger partial charge in [-0.3, -0.25) is 0 Å². The van der Waals surface area contributed by atoms with Gasteiger partial charge in [-0.05, 0) is 25.3 Å². The minimum Gasteiger partial charge on any atom is -0.465 e. The second-order valence-corrected chi connectivity index (χ2v) is 10.6. The van der Waals surface area contributed by atoms with Crippen LogP contribution in [-0.2, 0) is 0 Å². The second kappa shape index (κ2) is 8.85. The van der Waals surface area contributed by atoms with Crippen LogP contribution in [-0.4, -0.2) is 69.5 Å². The number of nitriles is 1. The first-order valence-electron chi connectivity index (χ1n) is 12.0. The van der Waals surface area contributed by atoms with Gasteiger partial charge >= 0.3 is 6.09 Å². The molecule has 0 aromatic carbocycles. The molecule has 5 heterocycles. The Morgan fingerprint density at radius 2 is 2.00 bits per heavy atom.